The summed E-state index contributed by atoms with van der Waals surface area (Å²) in [5.41, 5.74) is 5.06. The van der Waals surface area contributed by atoms with E-state index in [4.69, 9.17) is 0 Å². The highest BCUT2D eigenvalue weighted by molar-refractivity contribution is 6.01. The first-order chi connectivity index (χ1) is 15.7. The van der Waals surface area contributed by atoms with Gasteiger partial charge in [0.25, 0.3) is 0 Å². The Morgan fingerprint density at radius 2 is 1.69 bits per heavy atom. The van der Waals surface area contributed by atoms with E-state index in [1.54, 1.807) is 0 Å². The van der Waals surface area contributed by atoms with Gasteiger partial charge in [-0.3, -0.25) is 9.59 Å². The van der Waals surface area contributed by atoms with Crippen molar-refractivity contribution in [3.63, 3.8) is 0 Å². The molecule has 1 aliphatic heterocycles. The number of nitrogens with zero attached hydrogens (tertiary/aromatic N) is 1. The normalized spacial score (nSPS) is 13.7. The molecule has 0 unspecified atom stereocenters. The fraction of sp³-hybridized carbons (Fsp3) is 0.185. The topological polar surface area (TPSA) is 65.2 Å². The Balaban J connectivity index is 1.37. The highest BCUT2D eigenvalue weighted by atomic mass is 16.2. The molecule has 5 nitrogen and oxygen atoms in total. The van der Waals surface area contributed by atoms with Gasteiger partial charge in [0.15, 0.2) is 0 Å². The number of fused-ring (bicyclic) bond motifs is 2. The van der Waals surface area contributed by atoms with Gasteiger partial charge in [-0.2, -0.15) is 0 Å². The summed E-state index contributed by atoms with van der Waals surface area (Å²) < 4.78 is 0. The minimum Gasteiger partial charge on any atom is -0.361 e. The number of aromatic amines is 1. The Kier molecular flexibility index (Phi) is 5.46. The number of rotatable bonds is 6. The average molecular weight is 424 g/mol. The quantitative estimate of drug-likeness (QED) is 0.492. The molecule has 0 saturated heterocycles. The summed E-state index contributed by atoms with van der Waals surface area (Å²) in [5.74, 6) is -0.220. The second-order valence-corrected chi connectivity index (χ2v) is 8.21. The van der Waals surface area contributed by atoms with Crippen molar-refractivity contribution < 1.29 is 9.59 Å². The lowest BCUT2D eigenvalue weighted by molar-refractivity contribution is -0.127. The van der Waals surface area contributed by atoms with Crippen LogP contribution in [0.3, 0.4) is 0 Å². The van der Waals surface area contributed by atoms with Gasteiger partial charge in [-0.1, -0.05) is 66.7 Å². The number of aromatic nitrogens is 1. The lowest BCUT2D eigenvalue weighted by atomic mass is 10.0. The third kappa shape index (κ3) is 4.02. The molecule has 1 aliphatic rings. The van der Waals surface area contributed by atoms with E-state index < -0.39 is 6.04 Å². The van der Waals surface area contributed by atoms with Crippen molar-refractivity contribution in [1.29, 1.82) is 0 Å². The Hall–Kier alpha value is -3.86. The molecule has 0 radical (unpaired) electrons. The zero-order valence-electron chi connectivity index (χ0n) is 17.8. The van der Waals surface area contributed by atoms with Gasteiger partial charge in [0.05, 0.1) is 6.42 Å². The van der Waals surface area contributed by atoms with Crippen LogP contribution in [0.5, 0.6) is 0 Å². The van der Waals surface area contributed by atoms with Gasteiger partial charge in [-0.25, -0.2) is 0 Å². The van der Waals surface area contributed by atoms with E-state index in [2.05, 4.69) is 16.4 Å². The molecule has 5 heteroatoms. The van der Waals surface area contributed by atoms with Gasteiger partial charge in [0.2, 0.25) is 11.8 Å². The Labute approximate surface area is 187 Å². The van der Waals surface area contributed by atoms with E-state index in [0.29, 0.717) is 13.0 Å². The lowest BCUT2D eigenvalue weighted by Crippen LogP contribution is -2.50. The number of anilines is 1. The van der Waals surface area contributed by atoms with Gasteiger partial charge in [-0.15, -0.1) is 0 Å². The molecule has 5 rings (SSSR count). The summed E-state index contributed by atoms with van der Waals surface area (Å²) in [6, 6.07) is 25.1. The Morgan fingerprint density at radius 3 is 2.56 bits per heavy atom. The van der Waals surface area contributed by atoms with Crippen molar-refractivity contribution >= 4 is 28.4 Å². The number of nitrogens with one attached hydrogen (secondary N) is 2. The summed E-state index contributed by atoms with van der Waals surface area (Å²) in [7, 11) is 0. The van der Waals surface area contributed by atoms with Crippen LogP contribution in [0.1, 0.15) is 16.7 Å². The van der Waals surface area contributed by atoms with Crippen molar-refractivity contribution in [2.24, 2.45) is 0 Å². The van der Waals surface area contributed by atoms with Gasteiger partial charge in [-0.05, 0) is 35.2 Å². The predicted molar refractivity (Wildman–Crippen MR) is 127 cm³/mol. The minimum absolute atomic E-state index is 0.0638. The van der Waals surface area contributed by atoms with Gasteiger partial charge >= 0.3 is 0 Å². The van der Waals surface area contributed by atoms with Crippen LogP contribution in [0.15, 0.2) is 85.1 Å². The molecular weight excluding hydrogens is 398 g/mol. The number of benzene rings is 3. The second kappa shape index (κ2) is 8.71. The van der Waals surface area contributed by atoms with Crippen LogP contribution in [-0.4, -0.2) is 29.4 Å². The number of para-hydroxylation sites is 2. The summed E-state index contributed by atoms with van der Waals surface area (Å²) in [5, 5.41) is 4.06. The van der Waals surface area contributed by atoms with Gasteiger partial charge < -0.3 is 15.2 Å². The molecule has 32 heavy (non-hydrogen) atoms. The van der Waals surface area contributed by atoms with E-state index in [0.717, 1.165) is 34.1 Å². The van der Waals surface area contributed by atoms with Crippen LogP contribution in [0.2, 0.25) is 0 Å². The van der Waals surface area contributed by atoms with Crippen LogP contribution in [0, 0.1) is 0 Å². The molecule has 1 atom stereocenters. The van der Waals surface area contributed by atoms with Crippen molar-refractivity contribution in [2.75, 3.05) is 11.4 Å². The van der Waals surface area contributed by atoms with E-state index >= 15 is 0 Å². The molecule has 0 aliphatic carbocycles. The first-order valence-corrected chi connectivity index (χ1v) is 11.0. The maximum atomic E-state index is 13.6. The third-order valence-corrected chi connectivity index (χ3v) is 6.10. The molecule has 2 amide bonds. The van der Waals surface area contributed by atoms with E-state index in [1.807, 2.05) is 83.9 Å². The zero-order chi connectivity index (χ0) is 21.9. The first kappa shape index (κ1) is 20.1. The molecule has 160 valence electrons. The molecule has 0 saturated carbocycles. The molecule has 2 N–H and O–H groups in total. The van der Waals surface area contributed by atoms with Gasteiger partial charge in [0.1, 0.15) is 6.04 Å². The minimum atomic E-state index is -0.624. The molecule has 2 heterocycles. The maximum absolute atomic E-state index is 13.6. The highest BCUT2D eigenvalue weighted by Crippen LogP contribution is 2.28. The van der Waals surface area contributed by atoms with E-state index in [9.17, 15) is 9.59 Å². The number of amides is 2. The molecule has 0 spiro atoms. The number of hydrogen-bond donors (Lipinski definition) is 2. The average Bonchev–Trinajstić information content (AvgIpc) is 3.43. The van der Waals surface area contributed by atoms with Crippen LogP contribution in [0.4, 0.5) is 5.69 Å². The highest BCUT2D eigenvalue weighted by Gasteiger charge is 2.31. The van der Waals surface area contributed by atoms with E-state index in [1.165, 1.54) is 5.56 Å². The maximum Gasteiger partial charge on any atom is 0.249 e. The number of carbonyl (C=O) groups excluding carboxylic acids is 2. The van der Waals surface area contributed by atoms with E-state index in [-0.39, 0.29) is 18.2 Å². The number of H-pyrrole nitrogens is 1. The molecular formula is C27H25N3O2. The summed E-state index contributed by atoms with van der Waals surface area (Å²) in [6.07, 6.45) is 3.38. The third-order valence-electron chi connectivity index (χ3n) is 6.10. The summed E-state index contributed by atoms with van der Waals surface area (Å²) in [6.45, 7) is 0.641. The SMILES string of the molecule is O=C(Cc1c[nH]c2ccccc12)N[C@@H](Cc1ccccc1)C(=O)N1CCc2ccccc21. The first-order valence-electron chi connectivity index (χ1n) is 11.0. The molecule has 0 fully saturated rings. The predicted octanol–water partition coefficient (Wildman–Crippen LogP) is 4.03. The smallest absolute Gasteiger partial charge is 0.249 e. The summed E-state index contributed by atoms with van der Waals surface area (Å²) in [4.78, 5) is 31.6. The molecule has 3 aromatic carbocycles. The van der Waals surface area contributed by atoms with Crippen LogP contribution >= 0.6 is 0 Å². The van der Waals surface area contributed by atoms with Crippen molar-refractivity contribution in [3.05, 3.63) is 102 Å². The number of hydrogen-bond acceptors (Lipinski definition) is 2. The van der Waals surface area contributed by atoms with Crippen LogP contribution < -0.4 is 10.2 Å². The van der Waals surface area contributed by atoms with Crippen molar-refractivity contribution in [2.45, 2.75) is 25.3 Å². The molecule has 0 bridgehead atoms. The van der Waals surface area contributed by atoms with Crippen LogP contribution in [0.25, 0.3) is 10.9 Å². The Morgan fingerprint density at radius 1 is 0.938 bits per heavy atom. The lowest BCUT2D eigenvalue weighted by Gasteiger charge is -2.25. The van der Waals surface area contributed by atoms with Crippen LogP contribution in [-0.2, 0) is 28.9 Å². The summed E-state index contributed by atoms with van der Waals surface area (Å²) >= 11 is 0. The van der Waals surface area contributed by atoms with Crippen molar-refractivity contribution in [1.82, 2.24) is 10.3 Å². The second-order valence-electron chi connectivity index (χ2n) is 8.21. The standard InChI is InChI=1S/C27H25N3O2/c31-26(17-21-18-28-23-12-6-5-11-22(21)23)29-24(16-19-8-2-1-3-9-19)27(32)30-15-14-20-10-4-7-13-25(20)30/h1-13,18,24,28H,14-17H2,(H,29,31)/t24-/m0/s1. The zero-order valence-corrected chi connectivity index (χ0v) is 17.8. The molecule has 1 aromatic heterocycles. The van der Waals surface area contributed by atoms with Gasteiger partial charge in [0, 0.05) is 35.8 Å². The Bertz CT molecular complexity index is 1260. The van der Waals surface area contributed by atoms with Crippen molar-refractivity contribution in [3.8, 4) is 0 Å². The fourth-order valence-electron chi connectivity index (χ4n) is 4.50. The fourth-order valence-corrected chi connectivity index (χ4v) is 4.50. The molecule has 4 aromatic rings. The largest absolute Gasteiger partial charge is 0.361 e. The number of carbonyl (C=O) groups is 2. The monoisotopic (exact) mass is 423 g/mol.